The fourth-order valence-corrected chi connectivity index (χ4v) is 3.81. The third-order valence-corrected chi connectivity index (χ3v) is 5.56. The van der Waals surface area contributed by atoms with Crippen molar-refractivity contribution >= 4 is 40.6 Å². The molecule has 3 amide bonds. The summed E-state index contributed by atoms with van der Waals surface area (Å²) in [6.07, 6.45) is 1.65. The monoisotopic (exact) mass is 528 g/mol. The van der Waals surface area contributed by atoms with E-state index in [1.807, 2.05) is 42.5 Å². The maximum atomic E-state index is 13.0. The summed E-state index contributed by atoms with van der Waals surface area (Å²) in [5.41, 5.74) is 2.74. The first kappa shape index (κ1) is 21.0. The van der Waals surface area contributed by atoms with Gasteiger partial charge < -0.3 is 10.1 Å². The van der Waals surface area contributed by atoms with Crippen LogP contribution >= 0.6 is 22.6 Å². The van der Waals surface area contributed by atoms with Crippen LogP contribution in [0.15, 0.2) is 78.5 Å². The summed E-state index contributed by atoms with van der Waals surface area (Å²) >= 11 is 2.15. The van der Waals surface area contributed by atoms with E-state index in [2.05, 4.69) is 27.9 Å². The van der Waals surface area contributed by atoms with Gasteiger partial charge in [0.25, 0.3) is 5.91 Å². The van der Waals surface area contributed by atoms with Gasteiger partial charge in [0.1, 0.15) is 23.9 Å². The predicted molar refractivity (Wildman–Crippen MR) is 123 cm³/mol. The van der Waals surface area contributed by atoms with Gasteiger partial charge >= 0.3 is 6.03 Å². The summed E-state index contributed by atoms with van der Waals surface area (Å²) in [6.45, 7) is 0.538. The smallest absolute Gasteiger partial charge is 0.329 e. The van der Waals surface area contributed by atoms with Gasteiger partial charge in [0, 0.05) is 0 Å². The molecule has 0 aliphatic carbocycles. The van der Waals surface area contributed by atoms with E-state index in [1.54, 1.807) is 24.3 Å². The number of benzene rings is 3. The molecule has 1 fully saturated rings. The lowest BCUT2D eigenvalue weighted by Crippen LogP contribution is -2.30. The maximum absolute atomic E-state index is 13.0. The second-order valence-electron chi connectivity index (χ2n) is 6.97. The molecule has 0 atom stereocenters. The molecule has 1 heterocycles. The Labute approximate surface area is 192 Å². The molecule has 7 heteroatoms. The van der Waals surface area contributed by atoms with Gasteiger partial charge in [-0.15, -0.1) is 0 Å². The van der Waals surface area contributed by atoms with Crippen LogP contribution < -0.4 is 10.1 Å². The van der Waals surface area contributed by atoms with Crippen molar-refractivity contribution in [2.24, 2.45) is 0 Å². The van der Waals surface area contributed by atoms with Gasteiger partial charge in [0.05, 0.1) is 10.1 Å². The number of rotatable bonds is 6. The molecule has 0 spiro atoms. The highest BCUT2D eigenvalue weighted by molar-refractivity contribution is 14.1. The van der Waals surface area contributed by atoms with Crippen LogP contribution in [0.25, 0.3) is 6.08 Å². The Kier molecular flexibility index (Phi) is 6.31. The molecule has 0 radical (unpaired) electrons. The Bertz CT molecular complexity index is 1150. The van der Waals surface area contributed by atoms with Crippen LogP contribution in [0.1, 0.15) is 16.7 Å². The number of carbonyl (C=O) groups is 2. The lowest BCUT2D eigenvalue weighted by Gasteiger charge is -2.11. The minimum absolute atomic E-state index is 0.219. The van der Waals surface area contributed by atoms with E-state index in [1.165, 1.54) is 17.0 Å². The zero-order chi connectivity index (χ0) is 21.8. The van der Waals surface area contributed by atoms with Crippen molar-refractivity contribution in [3.63, 3.8) is 0 Å². The number of amides is 3. The molecule has 1 aliphatic rings. The fourth-order valence-electron chi connectivity index (χ4n) is 3.11. The van der Waals surface area contributed by atoms with Crippen LogP contribution in [0.4, 0.5) is 9.18 Å². The molecule has 156 valence electrons. The molecule has 0 aromatic heterocycles. The first-order chi connectivity index (χ1) is 15.0. The second-order valence-corrected chi connectivity index (χ2v) is 8.13. The average Bonchev–Trinajstić information content (AvgIpc) is 3.02. The van der Waals surface area contributed by atoms with Crippen molar-refractivity contribution < 1.29 is 18.7 Å². The summed E-state index contributed by atoms with van der Waals surface area (Å²) in [5, 5.41) is 2.64. The van der Waals surface area contributed by atoms with Gasteiger partial charge in [-0.1, -0.05) is 48.5 Å². The largest absolute Gasteiger partial charge is 0.488 e. The predicted octanol–water partition coefficient (Wildman–Crippen LogP) is 5.10. The summed E-state index contributed by atoms with van der Waals surface area (Å²) in [6, 6.07) is 20.6. The van der Waals surface area contributed by atoms with Crippen LogP contribution in [0.3, 0.4) is 0 Å². The molecule has 1 saturated heterocycles. The van der Waals surface area contributed by atoms with Crippen LogP contribution in [-0.4, -0.2) is 16.8 Å². The van der Waals surface area contributed by atoms with E-state index in [9.17, 15) is 14.0 Å². The van der Waals surface area contributed by atoms with Crippen molar-refractivity contribution in [1.29, 1.82) is 0 Å². The normalized spacial score (nSPS) is 14.8. The highest BCUT2D eigenvalue weighted by Gasteiger charge is 2.33. The van der Waals surface area contributed by atoms with Gasteiger partial charge in [-0.25, -0.2) is 9.18 Å². The van der Waals surface area contributed by atoms with E-state index in [-0.39, 0.29) is 24.0 Å². The Balaban J connectivity index is 1.44. The minimum Gasteiger partial charge on any atom is -0.488 e. The highest BCUT2D eigenvalue weighted by atomic mass is 127. The van der Waals surface area contributed by atoms with Gasteiger partial charge in [-0.2, -0.15) is 0 Å². The molecule has 0 bridgehead atoms. The molecule has 1 N–H and O–H groups in total. The topological polar surface area (TPSA) is 58.6 Å². The maximum Gasteiger partial charge on any atom is 0.329 e. The van der Waals surface area contributed by atoms with Crippen LogP contribution in [0.2, 0.25) is 0 Å². The van der Waals surface area contributed by atoms with Gasteiger partial charge in [-0.3, -0.25) is 9.69 Å². The van der Waals surface area contributed by atoms with Crippen molar-refractivity contribution in [1.82, 2.24) is 10.2 Å². The summed E-state index contributed by atoms with van der Waals surface area (Å²) in [7, 11) is 0. The second kappa shape index (κ2) is 9.30. The number of ether oxygens (including phenoxy) is 1. The number of urea groups is 1. The molecular weight excluding hydrogens is 510 g/mol. The third kappa shape index (κ3) is 5.11. The highest BCUT2D eigenvalue weighted by Crippen LogP contribution is 2.25. The number of nitrogens with zero attached hydrogens (tertiary/aromatic N) is 1. The minimum atomic E-state index is -0.436. The van der Waals surface area contributed by atoms with Gasteiger partial charge in [-0.05, 0) is 69.6 Å². The van der Waals surface area contributed by atoms with Crippen molar-refractivity contribution in [2.75, 3.05) is 0 Å². The van der Waals surface area contributed by atoms with E-state index in [4.69, 9.17) is 4.74 Å². The number of imide groups is 1. The molecule has 1 aliphatic heterocycles. The number of carbonyl (C=O) groups excluding carboxylic acids is 2. The molecule has 0 saturated carbocycles. The van der Waals surface area contributed by atoms with Crippen LogP contribution in [0, 0.1) is 9.39 Å². The molecule has 0 unspecified atom stereocenters. The first-order valence-corrected chi connectivity index (χ1v) is 10.6. The number of halogens is 2. The summed E-state index contributed by atoms with van der Waals surface area (Å²) < 4.78 is 19.7. The molecule has 3 aromatic carbocycles. The Morgan fingerprint density at radius 3 is 2.42 bits per heavy atom. The Morgan fingerprint density at radius 2 is 1.71 bits per heavy atom. The fraction of sp³-hybridized carbons (Fsp3) is 0.0833. The molecule has 5 nitrogen and oxygen atoms in total. The van der Waals surface area contributed by atoms with Crippen LogP contribution in [-0.2, 0) is 17.9 Å². The lowest BCUT2D eigenvalue weighted by molar-refractivity contribution is -0.123. The van der Waals surface area contributed by atoms with Crippen molar-refractivity contribution in [3.05, 3.63) is 105 Å². The zero-order valence-corrected chi connectivity index (χ0v) is 18.5. The Morgan fingerprint density at radius 1 is 0.968 bits per heavy atom. The van der Waals surface area contributed by atoms with Crippen LogP contribution in [0.5, 0.6) is 5.75 Å². The quantitative estimate of drug-likeness (QED) is 0.275. The third-order valence-electron chi connectivity index (χ3n) is 4.72. The zero-order valence-electron chi connectivity index (χ0n) is 16.3. The van der Waals surface area contributed by atoms with E-state index < -0.39 is 6.03 Å². The molecule has 4 rings (SSSR count). The lowest BCUT2D eigenvalue weighted by atomic mass is 10.1. The number of nitrogens with one attached hydrogen (secondary N) is 1. The van der Waals surface area contributed by atoms with E-state index in [0.29, 0.717) is 12.4 Å². The van der Waals surface area contributed by atoms with E-state index >= 15 is 0 Å². The molecule has 3 aromatic rings. The van der Waals surface area contributed by atoms with Crippen molar-refractivity contribution in [3.8, 4) is 5.75 Å². The van der Waals surface area contributed by atoms with Gasteiger partial charge in [0.2, 0.25) is 0 Å². The van der Waals surface area contributed by atoms with Gasteiger partial charge in [0.15, 0.2) is 0 Å². The first-order valence-electron chi connectivity index (χ1n) is 9.55. The number of hydrogen-bond acceptors (Lipinski definition) is 3. The Hall–Kier alpha value is -3.20. The average molecular weight is 528 g/mol. The SMILES string of the molecule is O=C1N/C(=C/c2ccc(OCc3ccc(F)cc3)c(I)c2)C(=O)N1Cc1ccccc1. The number of hydrogen-bond donors (Lipinski definition) is 1. The summed E-state index contributed by atoms with van der Waals surface area (Å²) in [4.78, 5) is 26.1. The van der Waals surface area contributed by atoms with E-state index in [0.717, 1.165) is 20.3 Å². The molecule has 31 heavy (non-hydrogen) atoms. The molecular formula is C24H18FIN2O3. The standard InChI is InChI=1S/C24H18FIN2O3/c25-19-9-6-17(7-10-19)15-31-22-11-8-18(12-20(22)26)13-21-23(29)28(24(30)27-21)14-16-4-2-1-3-5-16/h1-13H,14-15H2,(H,27,30)/b21-13+. The summed E-state index contributed by atoms with van der Waals surface area (Å²) in [5.74, 6) is 0.0340. The van der Waals surface area contributed by atoms with Crippen molar-refractivity contribution in [2.45, 2.75) is 13.2 Å².